The largest absolute Gasteiger partial charge is 0.331 e. The smallest absolute Gasteiger partial charge is 0.180 e. The molecule has 2 rings (SSSR count). The third-order valence-electron chi connectivity index (χ3n) is 1.31. The highest BCUT2D eigenvalue weighted by Crippen LogP contribution is 2.18. The summed E-state index contributed by atoms with van der Waals surface area (Å²) < 4.78 is 0.804. The molecule has 2 aromatic heterocycles. The number of halogens is 2. The number of nitrogens with zero attached hydrogens (tertiary/aromatic N) is 2. The van der Waals surface area contributed by atoms with E-state index in [0.29, 0.717) is 10.7 Å². The monoisotopic (exact) mass is 279 g/mol. The first-order valence-corrected chi connectivity index (χ1v) is 4.39. The van der Waals surface area contributed by atoms with Crippen molar-refractivity contribution in [2.75, 3.05) is 0 Å². The number of hydrogen-bond acceptors (Lipinski definition) is 2. The number of fused-ring (bicyclic) bond motifs is 1. The summed E-state index contributed by atoms with van der Waals surface area (Å²) in [5.41, 5.74) is 1.47. The molecule has 0 aliphatic heterocycles. The van der Waals surface area contributed by atoms with Crippen LogP contribution in [0.5, 0.6) is 0 Å². The maximum Gasteiger partial charge on any atom is 0.180 e. The fraction of sp³-hybridized carbons (Fsp3) is 0. The molecular weight excluding hydrogens is 276 g/mol. The molecule has 0 radical (unpaired) electrons. The van der Waals surface area contributed by atoms with Gasteiger partial charge in [0.2, 0.25) is 0 Å². The Kier molecular flexibility index (Phi) is 1.72. The van der Waals surface area contributed by atoms with Gasteiger partial charge in [-0.15, -0.1) is 0 Å². The van der Waals surface area contributed by atoms with Gasteiger partial charge in [-0.05, 0) is 28.7 Å². The minimum absolute atomic E-state index is 0.658. The molecule has 0 saturated carbocycles. The summed E-state index contributed by atoms with van der Waals surface area (Å²) in [4.78, 5) is 11.1. The third-order valence-corrected chi connectivity index (χ3v) is 2.14. The first-order valence-electron chi connectivity index (χ1n) is 2.93. The van der Waals surface area contributed by atoms with Gasteiger partial charge in [0.05, 0.1) is 5.02 Å². The van der Waals surface area contributed by atoms with Crippen LogP contribution in [-0.4, -0.2) is 15.0 Å². The Balaban J connectivity index is 2.90. The predicted molar refractivity (Wildman–Crippen MR) is 51.6 cm³/mol. The van der Waals surface area contributed by atoms with Crippen LogP contribution in [0.3, 0.4) is 0 Å². The average molecular weight is 279 g/mol. The highest BCUT2D eigenvalue weighted by molar-refractivity contribution is 14.1. The quantitative estimate of drug-likeness (QED) is 0.751. The van der Waals surface area contributed by atoms with Crippen molar-refractivity contribution in [1.29, 1.82) is 0 Å². The van der Waals surface area contributed by atoms with Gasteiger partial charge < -0.3 is 4.98 Å². The van der Waals surface area contributed by atoms with Crippen molar-refractivity contribution in [2.24, 2.45) is 0 Å². The summed E-state index contributed by atoms with van der Waals surface area (Å²) in [5.74, 6) is 0. The molecule has 0 fully saturated rings. The number of aromatic amines is 1. The van der Waals surface area contributed by atoms with Crippen LogP contribution in [0.1, 0.15) is 0 Å². The molecule has 0 spiro atoms. The molecule has 2 aromatic rings. The van der Waals surface area contributed by atoms with Crippen LogP contribution in [0.25, 0.3) is 11.2 Å². The fourth-order valence-corrected chi connectivity index (χ4v) is 1.54. The molecule has 0 aliphatic carbocycles. The molecule has 56 valence electrons. The van der Waals surface area contributed by atoms with Gasteiger partial charge in [-0.2, -0.15) is 0 Å². The summed E-state index contributed by atoms with van der Waals surface area (Å²) in [6.45, 7) is 0. The summed E-state index contributed by atoms with van der Waals surface area (Å²) in [7, 11) is 0. The fourth-order valence-electron chi connectivity index (χ4n) is 0.852. The van der Waals surface area contributed by atoms with Crippen LogP contribution in [0.2, 0.25) is 5.02 Å². The highest BCUT2D eigenvalue weighted by Gasteiger charge is 2.03. The molecule has 0 saturated heterocycles. The van der Waals surface area contributed by atoms with Gasteiger partial charge in [0.25, 0.3) is 0 Å². The maximum absolute atomic E-state index is 5.86. The van der Waals surface area contributed by atoms with E-state index in [0.717, 1.165) is 9.35 Å². The van der Waals surface area contributed by atoms with Crippen LogP contribution in [-0.2, 0) is 0 Å². The second-order valence-corrected chi connectivity index (χ2v) is 3.45. The van der Waals surface area contributed by atoms with Crippen molar-refractivity contribution in [3.8, 4) is 0 Å². The van der Waals surface area contributed by atoms with Gasteiger partial charge in [0, 0.05) is 6.20 Å². The Hall–Kier alpha value is -0.360. The molecule has 3 nitrogen and oxygen atoms in total. The molecule has 0 bridgehead atoms. The number of nitrogens with one attached hydrogen (secondary N) is 1. The highest BCUT2D eigenvalue weighted by atomic mass is 127. The topological polar surface area (TPSA) is 41.6 Å². The lowest BCUT2D eigenvalue weighted by molar-refractivity contribution is 1.24. The number of rotatable bonds is 0. The molecule has 0 aromatic carbocycles. The van der Waals surface area contributed by atoms with Crippen molar-refractivity contribution in [3.05, 3.63) is 21.1 Å². The summed E-state index contributed by atoms with van der Waals surface area (Å²) >= 11 is 7.94. The molecule has 0 amide bonds. The second kappa shape index (κ2) is 2.60. The lowest BCUT2D eigenvalue weighted by Crippen LogP contribution is -1.75. The van der Waals surface area contributed by atoms with Crippen molar-refractivity contribution in [3.63, 3.8) is 0 Å². The van der Waals surface area contributed by atoms with Gasteiger partial charge >= 0.3 is 0 Å². The Morgan fingerprint density at radius 3 is 3.09 bits per heavy atom. The first-order chi connectivity index (χ1) is 5.27. The normalized spacial score (nSPS) is 10.7. The van der Waals surface area contributed by atoms with Crippen molar-refractivity contribution in [1.82, 2.24) is 15.0 Å². The Morgan fingerprint density at radius 1 is 1.55 bits per heavy atom. The van der Waals surface area contributed by atoms with Gasteiger partial charge in [-0.1, -0.05) is 11.6 Å². The van der Waals surface area contributed by atoms with E-state index in [1.807, 2.05) is 0 Å². The van der Waals surface area contributed by atoms with E-state index in [4.69, 9.17) is 11.6 Å². The van der Waals surface area contributed by atoms with Gasteiger partial charge in [-0.25, -0.2) is 9.97 Å². The SMILES string of the molecule is Clc1ccnc2nc(I)[nH]c12. The first kappa shape index (κ1) is 7.30. The minimum atomic E-state index is 0.658. The van der Waals surface area contributed by atoms with E-state index in [9.17, 15) is 0 Å². The molecule has 5 heteroatoms. The molecule has 0 atom stereocenters. The van der Waals surface area contributed by atoms with Crippen LogP contribution in [0.4, 0.5) is 0 Å². The lowest BCUT2D eigenvalue weighted by atomic mass is 10.4. The third kappa shape index (κ3) is 1.20. The van der Waals surface area contributed by atoms with E-state index in [2.05, 4.69) is 37.5 Å². The maximum atomic E-state index is 5.86. The molecular formula is C6H3ClIN3. The van der Waals surface area contributed by atoms with E-state index in [1.54, 1.807) is 12.3 Å². The van der Waals surface area contributed by atoms with E-state index >= 15 is 0 Å². The molecule has 0 aliphatic rings. The number of hydrogen-bond donors (Lipinski definition) is 1. The van der Waals surface area contributed by atoms with Crippen molar-refractivity contribution in [2.45, 2.75) is 0 Å². The standard InChI is InChI=1S/C6H3ClIN3/c7-3-1-2-9-5-4(3)10-6(8)11-5/h1-2H,(H,9,10,11). The van der Waals surface area contributed by atoms with Crippen LogP contribution in [0, 0.1) is 3.83 Å². The Morgan fingerprint density at radius 2 is 2.36 bits per heavy atom. The zero-order valence-corrected chi connectivity index (χ0v) is 8.22. The van der Waals surface area contributed by atoms with Crippen molar-refractivity contribution >= 4 is 45.4 Å². The van der Waals surface area contributed by atoms with Crippen LogP contribution >= 0.6 is 34.2 Å². The summed E-state index contributed by atoms with van der Waals surface area (Å²) in [6.07, 6.45) is 1.64. The lowest BCUT2D eigenvalue weighted by Gasteiger charge is -1.87. The second-order valence-electron chi connectivity index (χ2n) is 2.02. The zero-order valence-electron chi connectivity index (χ0n) is 5.31. The summed E-state index contributed by atoms with van der Waals surface area (Å²) in [5, 5.41) is 0.658. The zero-order chi connectivity index (χ0) is 7.84. The van der Waals surface area contributed by atoms with E-state index < -0.39 is 0 Å². The Labute approximate surface area is 81.3 Å². The van der Waals surface area contributed by atoms with Crippen LogP contribution in [0.15, 0.2) is 12.3 Å². The number of imidazole rings is 1. The average Bonchev–Trinajstić information content (AvgIpc) is 2.31. The number of H-pyrrole nitrogens is 1. The van der Waals surface area contributed by atoms with Gasteiger partial charge in [0.15, 0.2) is 9.48 Å². The van der Waals surface area contributed by atoms with Gasteiger partial charge in [0.1, 0.15) is 5.52 Å². The molecule has 2 heterocycles. The van der Waals surface area contributed by atoms with Crippen molar-refractivity contribution < 1.29 is 0 Å². The number of pyridine rings is 1. The Bertz CT molecular complexity index is 398. The van der Waals surface area contributed by atoms with Crippen LogP contribution < -0.4 is 0 Å². The molecule has 1 N–H and O–H groups in total. The van der Waals surface area contributed by atoms with E-state index in [1.165, 1.54) is 0 Å². The molecule has 11 heavy (non-hydrogen) atoms. The van der Waals surface area contributed by atoms with Gasteiger partial charge in [-0.3, -0.25) is 0 Å². The van der Waals surface area contributed by atoms with E-state index in [-0.39, 0.29) is 0 Å². The number of aromatic nitrogens is 3. The summed E-state index contributed by atoms with van der Waals surface area (Å²) in [6, 6.07) is 1.73. The molecule has 0 unspecified atom stereocenters. The predicted octanol–water partition coefficient (Wildman–Crippen LogP) is 2.22. The minimum Gasteiger partial charge on any atom is -0.331 e.